The van der Waals surface area contributed by atoms with Crippen molar-refractivity contribution in [3.8, 4) is 0 Å². The SMILES string of the molecule is CNC(CCOC)c1cccc([N+](=O)[O-])c1. The van der Waals surface area contributed by atoms with Crippen LogP contribution in [-0.4, -0.2) is 25.7 Å². The van der Waals surface area contributed by atoms with E-state index in [1.165, 1.54) is 6.07 Å². The van der Waals surface area contributed by atoms with Gasteiger partial charge in [-0.3, -0.25) is 10.1 Å². The van der Waals surface area contributed by atoms with Crippen molar-refractivity contribution in [2.45, 2.75) is 12.5 Å². The van der Waals surface area contributed by atoms with E-state index in [0.717, 1.165) is 12.0 Å². The highest BCUT2D eigenvalue weighted by Gasteiger charge is 2.12. The first kappa shape index (κ1) is 12.6. The van der Waals surface area contributed by atoms with Gasteiger partial charge in [0, 0.05) is 31.9 Å². The Morgan fingerprint density at radius 3 is 2.88 bits per heavy atom. The van der Waals surface area contributed by atoms with E-state index < -0.39 is 0 Å². The summed E-state index contributed by atoms with van der Waals surface area (Å²) in [6.45, 7) is 0.619. The van der Waals surface area contributed by atoms with Crippen molar-refractivity contribution in [1.29, 1.82) is 0 Å². The summed E-state index contributed by atoms with van der Waals surface area (Å²) in [4.78, 5) is 10.3. The summed E-state index contributed by atoms with van der Waals surface area (Å²) in [6, 6.07) is 6.75. The molecule has 1 atom stereocenters. The number of benzene rings is 1. The van der Waals surface area contributed by atoms with Gasteiger partial charge in [-0.2, -0.15) is 0 Å². The quantitative estimate of drug-likeness (QED) is 0.592. The van der Waals surface area contributed by atoms with Gasteiger partial charge in [-0.25, -0.2) is 0 Å². The second kappa shape index (κ2) is 6.19. The summed E-state index contributed by atoms with van der Waals surface area (Å²) < 4.78 is 5.00. The predicted molar refractivity (Wildman–Crippen MR) is 61.4 cm³/mol. The normalized spacial score (nSPS) is 12.4. The minimum atomic E-state index is -0.382. The fourth-order valence-corrected chi connectivity index (χ4v) is 1.57. The number of rotatable bonds is 6. The molecule has 0 saturated heterocycles. The van der Waals surface area contributed by atoms with E-state index in [9.17, 15) is 10.1 Å². The van der Waals surface area contributed by atoms with Gasteiger partial charge < -0.3 is 10.1 Å². The van der Waals surface area contributed by atoms with Crippen molar-refractivity contribution in [2.75, 3.05) is 20.8 Å². The maximum atomic E-state index is 10.6. The molecule has 0 spiro atoms. The smallest absolute Gasteiger partial charge is 0.269 e. The topological polar surface area (TPSA) is 64.4 Å². The molecular weight excluding hydrogens is 208 g/mol. The molecule has 16 heavy (non-hydrogen) atoms. The van der Waals surface area contributed by atoms with E-state index in [1.54, 1.807) is 19.2 Å². The molecule has 0 heterocycles. The molecule has 1 aromatic rings. The molecule has 88 valence electrons. The molecule has 1 rings (SSSR count). The Morgan fingerprint density at radius 1 is 1.56 bits per heavy atom. The summed E-state index contributed by atoms with van der Waals surface area (Å²) in [5.74, 6) is 0. The first-order chi connectivity index (χ1) is 7.69. The number of nitro groups is 1. The molecule has 0 fully saturated rings. The second-order valence-electron chi connectivity index (χ2n) is 3.47. The second-order valence-corrected chi connectivity index (χ2v) is 3.47. The fraction of sp³-hybridized carbons (Fsp3) is 0.455. The standard InChI is InChI=1S/C11H16N2O3/c1-12-11(6-7-16-2)9-4-3-5-10(8-9)13(14)15/h3-5,8,11-12H,6-7H2,1-2H3. The van der Waals surface area contributed by atoms with E-state index in [4.69, 9.17) is 4.74 Å². The first-order valence-corrected chi connectivity index (χ1v) is 5.09. The maximum Gasteiger partial charge on any atom is 0.269 e. The van der Waals surface area contributed by atoms with Crippen molar-refractivity contribution >= 4 is 5.69 Å². The molecule has 1 aromatic carbocycles. The van der Waals surface area contributed by atoms with Crippen LogP contribution in [0.2, 0.25) is 0 Å². The molecule has 5 heteroatoms. The third kappa shape index (κ3) is 3.29. The molecule has 5 nitrogen and oxygen atoms in total. The van der Waals surface area contributed by atoms with Crippen molar-refractivity contribution < 1.29 is 9.66 Å². The molecule has 0 radical (unpaired) electrons. The Bertz CT molecular complexity index is 355. The Balaban J connectivity index is 2.83. The Morgan fingerprint density at radius 2 is 2.31 bits per heavy atom. The van der Waals surface area contributed by atoms with Gasteiger partial charge in [0.05, 0.1) is 4.92 Å². The minimum absolute atomic E-state index is 0.0832. The van der Waals surface area contributed by atoms with Gasteiger partial charge in [0.2, 0.25) is 0 Å². The summed E-state index contributed by atoms with van der Waals surface area (Å²) in [5, 5.41) is 13.8. The zero-order chi connectivity index (χ0) is 12.0. The van der Waals surface area contributed by atoms with Crippen LogP contribution in [0, 0.1) is 10.1 Å². The van der Waals surface area contributed by atoms with E-state index in [1.807, 2.05) is 13.1 Å². The van der Waals surface area contributed by atoms with Crippen LogP contribution in [0.3, 0.4) is 0 Å². The van der Waals surface area contributed by atoms with Crippen LogP contribution >= 0.6 is 0 Å². The summed E-state index contributed by atoms with van der Waals surface area (Å²) in [6.07, 6.45) is 0.786. The van der Waals surface area contributed by atoms with Crippen LogP contribution in [0.25, 0.3) is 0 Å². The molecular formula is C11H16N2O3. The molecule has 0 amide bonds. The summed E-state index contributed by atoms with van der Waals surface area (Å²) in [7, 11) is 3.47. The molecule has 0 aromatic heterocycles. The van der Waals surface area contributed by atoms with Gasteiger partial charge in [0.15, 0.2) is 0 Å². The van der Waals surface area contributed by atoms with Crippen molar-refractivity contribution in [2.24, 2.45) is 0 Å². The zero-order valence-corrected chi connectivity index (χ0v) is 9.47. The Hall–Kier alpha value is -1.46. The third-order valence-corrected chi connectivity index (χ3v) is 2.44. The van der Waals surface area contributed by atoms with Gasteiger partial charge in [0.25, 0.3) is 5.69 Å². The van der Waals surface area contributed by atoms with Crippen molar-refractivity contribution in [3.63, 3.8) is 0 Å². The molecule has 0 saturated carbocycles. The van der Waals surface area contributed by atoms with Crippen molar-refractivity contribution in [3.05, 3.63) is 39.9 Å². The van der Waals surface area contributed by atoms with Crippen LogP contribution in [0.1, 0.15) is 18.0 Å². The molecule has 0 bridgehead atoms. The summed E-state index contributed by atoms with van der Waals surface area (Å²) in [5.41, 5.74) is 1.03. The van der Waals surface area contributed by atoms with Gasteiger partial charge in [-0.1, -0.05) is 12.1 Å². The van der Waals surface area contributed by atoms with Gasteiger partial charge >= 0.3 is 0 Å². The highest BCUT2D eigenvalue weighted by atomic mass is 16.6. The average molecular weight is 224 g/mol. The average Bonchev–Trinajstić information content (AvgIpc) is 2.30. The lowest BCUT2D eigenvalue weighted by molar-refractivity contribution is -0.384. The molecule has 1 N–H and O–H groups in total. The number of nitro benzene ring substituents is 1. The van der Waals surface area contributed by atoms with Crippen LogP contribution in [0.5, 0.6) is 0 Å². The van der Waals surface area contributed by atoms with Crippen molar-refractivity contribution in [1.82, 2.24) is 5.32 Å². The van der Waals surface area contributed by atoms with E-state index in [2.05, 4.69) is 5.32 Å². The fourth-order valence-electron chi connectivity index (χ4n) is 1.57. The number of ether oxygens (including phenoxy) is 1. The number of methoxy groups -OCH3 is 1. The lowest BCUT2D eigenvalue weighted by Gasteiger charge is -2.15. The Kier molecular flexibility index (Phi) is 4.88. The minimum Gasteiger partial charge on any atom is -0.385 e. The van der Waals surface area contributed by atoms with Gasteiger partial charge in [-0.05, 0) is 19.0 Å². The number of hydrogen-bond donors (Lipinski definition) is 1. The first-order valence-electron chi connectivity index (χ1n) is 5.09. The van der Waals surface area contributed by atoms with Crippen LogP contribution in [0.4, 0.5) is 5.69 Å². The van der Waals surface area contributed by atoms with Crippen LogP contribution in [0.15, 0.2) is 24.3 Å². The molecule has 0 aliphatic rings. The molecule has 0 aliphatic heterocycles. The summed E-state index contributed by atoms with van der Waals surface area (Å²) >= 11 is 0. The van der Waals surface area contributed by atoms with E-state index in [-0.39, 0.29) is 16.7 Å². The van der Waals surface area contributed by atoms with Crippen LogP contribution < -0.4 is 5.32 Å². The number of hydrogen-bond acceptors (Lipinski definition) is 4. The largest absolute Gasteiger partial charge is 0.385 e. The van der Waals surface area contributed by atoms with Gasteiger partial charge in [0.1, 0.15) is 0 Å². The number of non-ortho nitro benzene ring substituents is 1. The monoisotopic (exact) mass is 224 g/mol. The third-order valence-electron chi connectivity index (χ3n) is 2.44. The lowest BCUT2D eigenvalue weighted by atomic mass is 10.0. The number of nitrogens with one attached hydrogen (secondary N) is 1. The Labute approximate surface area is 94.6 Å². The highest BCUT2D eigenvalue weighted by Crippen LogP contribution is 2.21. The zero-order valence-electron chi connectivity index (χ0n) is 9.47. The lowest BCUT2D eigenvalue weighted by Crippen LogP contribution is -2.18. The molecule has 0 aliphatic carbocycles. The van der Waals surface area contributed by atoms with E-state index >= 15 is 0 Å². The highest BCUT2D eigenvalue weighted by molar-refractivity contribution is 5.35. The predicted octanol–water partition coefficient (Wildman–Crippen LogP) is 1.89. The number of nitrogens with zero attached hydrogens (tertiary/aromatic N) is 1. The molecule has 1 unspecified atom stereocenters. The van der Waals surface area contributed by atoms with Crippen LogP contribution in [-0.2, 0) is 4.74 Å². The maximum absolute atomic E-state index is 10.6. The van der Waals surface area contributed by atoms with Gasteiger partial charge in [-0.15, -0.1) is 0 Å². The van der Waals surface area contributed by atoms with E-state index in [0.29, 0.717) is 6.61 Å².